The molecular weight excluding hydrogens is 390 g/mol. The second kappa shape index (κ2) is 7.53. The maximum absolute atomic E-state index is 11.7. The third kappa shape index (κ3) is 3.46. The van der Waals surface area contributed by atoms with Gasteiger partial charge in [0.2, 0.25) is 0 Å². The topological polar surface area (TPSA) is 95.9 Å². The lowest BCUT2D eigenvalue weighted by atomic mass is 10.0. The number of hydrogen-bond donors (Lipinski definition) is 1. The molecule has 5 rings (SSSR count). The van der Waals surface area contributed by atoms with Gasteiger partial charge in [-0.15, -0.1) is 0 Å². The van der Waals surface area contributed by atoms with Crippen LogP contribution in [0.3, 0.4) is 0 Å². The van der Waals surface area contributed by atoms with Crippen molar-refractivity contribution < 1.29 is 9.53 Å². The van der Waals surface area contributed by atoms with Crippen molar-refractivity contribution in [1.29, 1.82) is 0 Å². The van der Waals surface area contributed by atoms with Gasteiger partial charge in [0.25, 0.3) is 5.91 Å². The van der Waals surface area contributed by atoms with Crippen LogP contribution in [0.4, 0.5) is 0 Å². The summed E-state index contributed by atoms with van der Waals surface area (Å²) in [5.41, 5.74) is 11.1. The highest BCUT2D eigenvalue weighted by molar-refractivity contribution is 5.94. The van der Waals surface area contributed by atoms with Crippen LogP contribution in [0.1, 0.15) is 16.1 Å². The Hall–Kier alpha value is -4.26. The first-order valence-electron chi connectivity index (χ1n) is 9.77. The first-order valence-corrected chi connectivity index (χ1v) is 9.77. The number of nitrogens with two attached hydrogens (primary N) is 1. The number of carbonyl (C=O) groups excluding carboxylic acids is 1. The molecule has 0 aliphatic carbocycles. The number of hydrogen-bond acceptors (Lipinski definition) is 5. The van der Waals surface area contributed by atoms with E-state index in [0.717, 1.165) is 33.1 Å². The van der Waals surface area contributed by atoms with E-state index >= 15 is 0 Å². The molecule has 2 N–H and O–H groups in total. The van der Waals surface area contributed by atoms with Crippen LogP contribution in [0.2, 0.25) is 0 Å². The molecule has 7 nitrogen and oxygen atoms in total. The van der Waals surface area contributed by atoms with Crippen LogP contribution in [-0.4, -0.2) is 25.4 Å². The molecule has 0 radical (unpaired) electrons. The van der Waals surface area contributed by atoms with Crippen molar-refractivity contribution in [3.63, 3.8) is 0 Å². The second-order valence-corrected chi connectivity index (χ2v) is 7.25. The van der Waals surface area contributed by atoms with Crippen LogP contribution in [0.15, 0.2) is 73.3 Å². The number of nitrogens with zero attached hydrogens (tertiary/aromatic N) is 4. The Bertz CT molecular complexity index is 1440. The summed E-state index contributed by atoms with van der Waals surface area (Å²) in [6.07, 6.45) is 5.17. The first kappa shape index (κ1) is 18.7. The number of primary amides is 1. The van der Waals surface area contributed by atoms with Crippen LogP contribution in [-0.2, 0) is 13.7 Å². The van der Waals surface area contributed by atoms with Gasteiger partial charge < -0.3 is 15.0 Å². The van der Waals surface area contributed by atoms with Gasteiger partial charge in [0.15, 0.2) is 0 Å². The molecule has 0 atom stereocenters. The van der Waals surface area contributed by atoms with Gasteiger partial charge in [-0.3, -0.25) is 14.8 Å². The van der Waals surface area contributed by atoms with Crippen molar-refractivity contribution in [2.24, 2.45) is 12.8 Å². The Morgan fingerprint density at radius 1 is 0.968 bits per heavy atom. The third-order valence-electron chi connectivity index (χ3n) is 5.26. The Morgan fingerprint density at radius 3 is 2.68 bits per heavy atom. The fraction of sp³-hybridized carbons (Fsp3) is 0.0833. The lowest BCUT2D eigenvalue weighted by molar-refractivity contribution is 0.0997. The zero-order chi connectivity index (χ0) is 21.4. The van der Waals surface area contributed by atoms with Crippen molar-refractivity contribution >= 4 is 27.8 Å². The Kier molecular flexibility index (Phi) is 4.55. The third-order valence-corrected chi connectivity index (χ3v) is 5.26. The molecule has 0 saturated heterocycles. The number of pyridine rings is 2. The van der Waals surface area contributed by atoms with Gasteiger partial charge in [-0.2, -0.15) is 0 Å². The molecule has 0 fully saturated rings. The zero-order valence-corrected chi connectivity index (χ0v) is 16.8. The standard InChI is InChI=1S/C24H19N5O2/c1-29-14-28-19-7-6-15(11-22(19)29)16-10-20-17(4-2-8-26-20)23(12-16)31-13-21-18(24(25)30)5-3-9-27-21/h2-12,14H,13H2,1H3,(H2,25,30). The van der Waals surface area contributed by atoms with E-state index in [1.165, 1.54) is 0 Å². The Balaban J connectivity index is 1.58. The van der Waals surface area contributed by atoms with Crippen LogP contribution >= 0.6 is 0 Å². The van der Waals surface area contributed by atoms with Crippen LogP contribution in [0.5, 0.6) is 5.75 Å². The van der Waals surface area contributed by atoms with E-state index in [1.54, 1.807) is 30.9 Å². The van der Waals surface area contributed by atoms with E-state index in [1.807, 2.05) is 48.0 Å². The van der Waals surface area contributed by atoms with E-state index in [9.17, 15) is 4.79 Å². The van der Waals surface area contributed by atoms with E-state index < -0.39 is 5.91 Å². The van der Waals surface area contributed by atoms with Crippen LogP contribution in [0.25, 0.3) is 33.1 Å². The fourth-order valence-electron chi connectivity index (χ4n) is 3.66. The maximum Gasteiger partial charge on any atom is 0.250 e. The molecule has 0 bridgehead atoms. The van der Waals surface area contributed by atoms with Crippen molar-refractivity contribution in [3.8, 4) is 16.9 Å². The number of aryl methyl sites for hydroxylation is 1. The number of rotatable bonds is 5. The molecule has 0 spiro atoms. The molecule has 1 amide bonds. The minimum atomic E-state index is -0.531. The highest BCUT2D eigenvalue weighted by atomic mass is 16.5. The summed E-state index contributed by atoms with van der Waals surface area (Å²) in [6.45, 7) is 0.118. The summed E-state index contributed by atoms with van der Waals surface area (Å²) in [5.74, 6) is 0.128. The lowest BCUT2D eigenvalue weighted by Gasteiger charge is -2.13. The van der Waals surface area contributed by atoms with Crippen LogP contribution < -0.4 is 10.5 Å². The summed E-state index contributed by atoms with van der Waals surface area (Å²) in [7, 11) is 1.97. The maximum atomic E-state index is 11.7. The molecule has 3 heterocycles. The summed E-state index contributed by atoms with van der Waals surface area (Å²) in [4.78, 5) is 24.9. The molecule has 2 aromatic carbocycles. The minimum Gasteiger partial charge on any atom is -0.487 e. The molecule has 31 heavy (non-hydrogen) atoms. The van der Waals surface area contributed by atoms with Crippen LogP contribution in [0, 0.1) is 0 Å². The monoisotopic (exact) mass is 409 g/mol. The molecule has 0 unspecified atom stereocenters. The molecule has 0 aliphatic heterocycles. The summed E-state index contributed by atoms with van der Waals surface area (Å²) >= 11 is 0. The van der Waals surface area contributed by atoms with E-state index in [-0.39, 0.29) is 6.61 Å². The van der Waals surface area contributed by atoms with Gasteiger partial charge in [-0.05, 0) is 59.7 Å². The van der Waals surface area contributed by atoms with Crippen molar-refractivity contribution in [2.45, 2.75) is 6.61 Å². The van der Waals surface area contributed by atoms with Gasteiger partial charge in [0.1, 0.15) is 12.4 Å². The quantitative estimate of drug-likeness (QED) is 0.475. The van der Waals surface area contributed by atoms with Crippen molar-refractivity contribution in [1.82, 2.24) is 19.5 Å². The normalized spacial score (nSPS) is 11.1. The number of imidazole rings is 1. The Labute approximate surface area is 178 Å². The minimum absolute atomic E-state index is 0.118. The average Bonchev–Trinajstić information content (AvgIpc) is 3.17. The second-order valence-electron chi connectivity index (χ2n) is 7.25. The van der Waals surface area contributed by atoms with E-state index in [2.05, 4.69) is 21.0 Å². The number of aromatic nitrogens is 4. The van der Waals surface area contributed by atoms with Crippen molar-refractivity contribution in [2.75, 3.05) is 0 Å². The number of benzene rings is 2. The molecule has 152 valence electrons. The predicted octanol–water partition coefficient (Wildman–Crippen LogP) is 3.86. The number of ether oxygens (including phenoxy) is 1. The van der Waals surface area contributed by atoms with Gasteiger partial charge in [0.05, 0.1) is 34.1 Å². The lowest BCUT2D eigenvalue weighted by Crippen LogP contribution is -2.15. The van der Waals surface area contributed by atoms with Gasteiger partial charge in [0, 0.05) is 24.8 Å². The molecule has 7 heteroatoms. The fourth-order valence-corrected chi connectivity index (χ4v) is 3.66. The number of amides is 1. The summed E-state index contributed by atoms with van der Waals surface area (Å²) in [6, 6.07) is 17.3. The number of fused-ring (bicyclic) bond motifs is 2. The van der Waals surface area contributed by atoms with E-state index in [4.69, 9.17) is 10.5 Å². The highest BCUT2D eigenvalue weighted by Gasteiger charge is 2.13. The summed E-state index contributed by atoms with van der Waals surface area (Å²) in [5, 5.41) is 0.879. The number of carbonyl (C=O) groups is 1. The summed E-state index contributed by atoms with van der Waals surface area (Å²) < 4.78 is 8.11. The zero-order valence-electron chi connectivity index (χ0n) is 16.8. The molecule has 0 saturated carbocycles. The largest absolute Gasteiger partial charge is 0.487 e. The molecular formula is C24H19N5O2. The SMILES string of the molecule is Cn1cnc2ccc(-c3cc(OCc4ncccc4C(N)=O)c4cccnc4c3)cc21. The molecule has 0 aliphatic rings. The highest BCUT2D eigenvalue weighted by Crippen LogP contribution is 2.33. The van der Waals surface area contributed by atoms with E-state index in [0.29, 0.717) is 17.0 Å². The van der Waals surface area contributed by atoms with Gasteiger partial charge >= 0.3 is 0 Å². The predicted molar refractivity (Wildman–Crippen MR) is 119 cm³/mol. The molecule has 5 aromatic rings. The molecule has 3 aromatic heterocycles. The Morgan fingerprint density at radius 2 is 1.81 bits per heavy atom. The first-order chi connectivity index (χ1) is 15.1. The van der Waals surface area contributed by atoms with Gasteiger partial charge in [-0.1, -0.05) is 6.07 Å². The van der Waals surface area contributed by atoms with Crippen molar-refractivity contribution in [3.05, 3.63) is 84.6 Å². The average molecular weight is 409 g/mol. The van der Waals surface area contributed by atoms with Gasteiger partial charge in [-0.25, -0.2) is 4.98 Å². The smallest absolute Gasteiger partial charge is 0.250 e.